The van der Waals surface area contributed by atoms with Gasteiger partial charge in [0.1, 0.15) is 6.10 Å². The molecule has 2 aliphatic rings. The topological polar surface area (TPSA) is 32.8 Å². The molecule has 1 amide bonds. The lowest BCUT2D eigenvalue weighted by Crippen LogP contribution is -2.42. The molecule has 0 N–H and O–H groups in total. The van der Waals surface area contributed by atoms with Crippen molar-refractivity contribution in [3.8, 4) is 0 Å². The third kappa shape index (κ3) is 3.27. The molecule has 0 radical (unpaired) electrons. The molecule has 4 nitrogen and oxygen atoms in total. The number of carbonyl (C=O) groups excluding carboxylic acids is 1. The van der Waals surface area contributed by atoms with E-state index in [9.17, 15) is 18.0 Å². The molecule has 2 atom stereocenters. The van der Waals surface area contributed by atoms with Crippen molar-refractivity contribution in [1.29, 1.82) is 0 Å². The summed E-state index contributed by atoms with van der Waals surface area (Å²) in [7, 11) is 1.16. The van der Waals surface area contributed by atoms with E-state index in [0.717, 1.165) is 30.3 Å². The second kappa shape index (κ2) is 6.56. The molecule has 1 fully saturated rings. The average Bonchev–Trinajstić information content (AvgIpc) is 2.99. The molecule has 142 valence electrons. The molecule has 0 aromatic heterocycles. The van der Waals surface area contributed by atoms with Gasteiger partial charge in [-0.2, -0.15) is 13.2 Å². The van der Waals surface area contributed by atoms with Crippen LogP contribution in [0.3, 0.4) is 0 Å². The maximum atomic E-state index is 12.7. The van der Waals surface area contributed by atoms with Crippen molar-refractivity contribution >= 4 is 11.6 Å². The van der Waals surface area contributed by atoms with Gasteiger partial charge in [0.2, 0.25) is 0 Å². The number of halogens is 3. The monoisotopic (exact) mass is 376 g/mol. The Balaban J connectivity index is 1.63. The summed E-state index contributed by atoms with van der Waals surface area (Å²) < 4.78 is 38.0. The molecule has 2 heterocycles. The number of rotatable bonds is 2. The van der Waals surface area contributed by atoms with Crippen molar-refractivity contribution in [2.24, 2.45) is 0 Å². The average molecular weight is 376 g/mol. The number of hydroxylamine groups is 1. The van der Waals surface area contributed by atoms with Crippen LogP contribution in [-0.4, -0.2) is 36.7 Å². The number of hydrogen-bond acceptors (Lipinski definition) is 3. The number of amides is 1. The van der Waals surface area contributed by atoms with Crippen LogP contribution in [0.5, 0.6) is 0 Å². The summed E-state index contributed by atoms with van der Waals surface area (Å²) in [6, 6.07) is 15.8. The zero-order valence-electron chi connectivity index (χ0n) is 14.7. The van der Waals surface area contributed by atoms with E-state index in [-0.39, 0.29) is 12.6 Å². The highest BCUT2D eigenvalue weighted by Crippen LogP contribution is 2.44. The first-order chi connectivity index (χ1) is 12.8. The van der Waals surface area contributed by atoms with Crippen molar-refractivity contribution in [3.05, 3.63) is 65.2 Å². The van der Waals surface area contributed by atoms with E-state index in [0.29, 0.717) is 11.3 Å². The lowest BCUT2D eigenvalue weighted by atomic mass is 9.95. The summed E-state index contributed by atoms with van der Waals surface area (Å²) >= 11 is 0. The number of carbonyl (C=O) groups is 1. The minimum atomic E-state index is -4.88. The Morgan fingerprint density at radius 3 is 2.56 bits per heavy atom. The Labute approximate surface area is 155 Å². The molecular formula is C20H19F3N2O2. The van der Waals surface area contributed by atoms with Gasteiger partial charge in [-0.1, -0.05) is 42.5 Å². The van der Waals surface area contributed by atoms with Crippen LogP contribution in [0.25, 0.3) is 0 Å². The molecule has 7 heteroatoms. The normalized spacial score (nSPS) is 21.1. The zero-order valence-corrected chi connectivity index (χ0v) is 14.7. The van der Waals surface area contributed by atoms with E-state index in [4.69, 9.17) is 4.84 Å². The van der Waals surface area contributed by atoms with Crippen molar-refractivity contribution in [2.45, 2.75) is 31.2 Å². The zero-order chi connectivity index (χ0) is 19.2. The van der Waals surface area contributed by atoms with Gasteiger partial charge in [0.15, 0.2) is 0 Å². The summed E-state index contributed by atoms with van der Waals surface area (Å²) in [5.74, 6) is -1.85. The Bertz CT molecular complexity index is 815. The maximum absolute atomic E-state index is 12.7. The predicted molar refractivity (Wildman–Crippen MR) is 94.1 cm³/mol. The second-order valence-electron chi connectivity index (χ2n) is 6.99. The van der Waals surface area contributed by atoms with Crippen LogP contribution >= 0.6 is 0 Å². The summed E-state index contributed by atoms with van der Waals surface area (Å²) in [6.07, 6.45) is -4.09. The minimum absolute atomic E-state index is 0.0933. The highest BCUT2D eigenvalue weighted by molar-refractivity contribution is 5.81. The van der Waals surface area contributed by atoms with Crippen molar-refractivity contribution in [1.82, 2.24) is 4.90 Å². The number of likely N-dealkylation sites (N-methyl/N-ethyl adjacent to an activating group) is 1. The predicted octanol–water partition coefficient (Wildman–Crippen LogP) is 3.86. The maximum Gasteiger partial charge on any atom is 0.471 e. The smallest absolute Gasteiger partial charge is 0.335 e. The molecule has 0 spiro atoms. The van der Waals surface area contributed by atoms with Gasteiger partial charge in [-0.15, -0.1) is 0 Å². The number of anilines is 1. The summed E-state index contributed by atoms with van der Waals surface area (Å²) in [5.41, 5.74) is 4.32. The third-order valence-corrected chi connectivity index (χ3v) is 5.12. The molecule has 4 rings (SSSR count). The number of alkyl halides is 3. The molecule has 27 heavy (non-hydrogen) atoms. The molecule has 2 aromatic rings. The minimum Gasteiger partial charge on any atom is -0.335 e. The van der Waals surface area contributed by atoms with E-state index in [2.05, 4.69) is 6.07 Å². The van der Waals surface area contributed by atoms with Crippen LogP contribution < -0.4 is 5.06 Å². The molecule has 2 aliphatic heterocycles. The number of fused-ring (bicyclic) bond motifs is 5. The van der Waals surface area contributed by atoms with Crippen LogP contribution in [0.4, 0.5) is 18.9 Å². The van der Waals surface area contributed by atoms with Gasteiger partial charge >= 0.3 is 12.1 Å². The number of nitrogens with zero attached hydrogens (tertiary/aromatic N) is 2. The summed E-state index contributed by atoms with van der Waals surface area (Å²) in [4.78, 5) is 18.2. The van der Waals surface area contributed by atoms with E-state index >= 15 is 0 Å². The lowest BCUT2D eigenvalue weighted by Gasteiger charge is -2.26. The van der Waals surface area contributed by atoms with Crippen LogP contribution in [0, 0.1) is 0 Å². The standard InChI is InChI=1S/C20H19F3N2O2/c1-24(19(26)20(21,22)23)12-15-11-18-16-8-4-2-6-13(16)10-14-7-3-5-9-17(14)25(18)27-15/h2-9,15,18H,10-12H2,1H3/t15-,18-/m1/s1. The van der Waals surface area contributed by atoms with Crippen molar-refractivity contribution < 1.29 is 22.8 Å². The van der Waals surface area contributed by atoms with Gasteiger partial charge in [-0.05, 0) is 29.2 Å². The first-order valence-corrected chi connectivity index (χ1v) is 8.78. The second-order valence-corrected chi connectivity index (χ2v) is 6.99. The Morgan fingerprint density at radius 2 is 1.81 bits per heavy atom. The molecule has 0 bridgehead atoms. The number of para-hydroxylation sites is 1. The van der Waals surface area contributed by atoms with Gasteiger partial charge in [-0.25, -0.2) is 5.06 Å². The van der Waals surface area contributed by atoms with Gasteiger partial charge in [0.25, 0.3) is 0 Å². The fourth-order valence-corrected chi connectivity index (χ4v) is 3.91. The van der Waals surface area contributed by atoms with Crippen molar-refractivity contribution in [2.75, 3.05) is 18.7 Å². The number of benzene rings is 2. The van der Waals surface area contributed by atoms with Gasteiger partial charge < -0.3 is 4.90 Å². The SMILES string of the molecule is CN(C[C@H]1C[C@@H]2c3ccccc3Cc3ccccc3N2O1)C(=O)C(F)(F)F. The summed E-state index contributed by atoms with van der Waals surface area (Å²) in [6.45, 7) is -0.115. The van der Waals surface area contributed by atoms with E-state index in [1.165, 1.54) is 5.56 Å². The summed E-state index contributed by atoms with van der Waals surface area (Å²) in [5, 5.41) is 1.80. The van der Waals surface area contributed by atoms with Gasteiger partial charge in [0, 0.05) is 20.0 Å². The molecule has 2 aromatic carbocycles. The van der Waals surface area contributed by atoms with Crippen LogP contribution in [0.2, 0.25) is 0 Å². The molecule has 0 unspecified atom stereocenters. The van der Waals surface area contributed by atoms with Gasteiger partial charge in [0.05, 0.1) is 11.7 Å². The first kappa shape index (κ1) is 17.9. The Morgan fingerprint density at radius 1 is 1.15 bits per heavy atom. The third-order valence-electron chi connectivity index (χ3n) is 5.12. The van der Waals surface area contributed by atoms with Crippen LogP contribution in [0.15, 0.2) is 48.5 Å². The van der Waals surface area contributed by atoms with E-state index < -0.39 is 18.2 Å². The van der Waals surface area contributed by atoms with Crippen LogP contribution in [0.1, 0.15) is 29.2 Å². The lowest BCUT2D eigenvalue weighted by molar-refractivity contribution is -0.185. The molecule has 1 saturated heterocycles. The Kier molecular flexibility index (Phi) is 4.34. The molecule has 0 aliphatic carbocycles. The highest BCUT2D eigenvalue weighted by Gasteiger charge is 2.44. The van der Waals surface area contributed by atoms with Crippen LogP contribution in [-0.2, 0) is 16.1 Å². The van der Waals surface area contributed by atoms with Gasteiger partial charge in [-0.3, -0.25) is 9.63 Å². The van der Waals surface area contributed by atoms with Crippen molar-refractivity contribution in [3.63, 3.8) is 0 Å². The largest absolute Gasteiger partial charge is 0.471 e. The molecular weight excluding hydrogens is 357 g/mol. The fourth-order valence-electron chi connectivity index (χ4n) is 3.91. The first-order valence-electron chi connectivity index (χ1n) is 8.78. The Hall–Kier alpha value is -2.54. The quantitative estimate of drug-likeness (QED) is 0.798. The number of hydrogen-bond donors (Lipinski definition) is 0. The van der Waals surface area contributed by atoms with E-state index in [1.54, 1.807) is 5.06 Å². The fraction of sp³-hybridized carbons (Fsp3) is 0.350. The van der Waals surface area contributed by atoms with E-state index in [1.807, 2.05) is 42.5 Å². The molecule has 0 saturated carbocycles. The highest BCUT2D eigenvalue weighted by atomic mass is 19.4.